The van der Waals surface area contributed by atoms with Gasteiger partial charge >= 0.3 is 6.18 Å². The van der Waals surface area contributed by atoms with Gasteiger partial charge in [-0.3, -0.25) is 9.59 Å². The van der Waals surface area contributed by atoms with Gasteiger partial charge in [0.15, 0.2) is 0 Å². The molecule has 3 rings (SSSR count). The number of hydrogen-bond donors (Lipinski definition) is 1. The van der Waals surface area contributed by atoms with Crippen LogP contribution in [0.1, 0.15) is 41.3 Å². The molecule has 0 fully saturated rings. The number of hydrogen-bond acceptors (Lipinski definition) is 3. The molecule has 0 aromatic heterocycles. The fourth-order valence-corrected chi connectivity index (χ4v) is 4.03. The number of nitrogens with zero attached hydrogens (tertiary/aromatic N) is 1. The molecule has 0 atom stereocenters. The van der Waals surface area contributed by atoms with Crippen LogP contribution in [0.25, 0.3) is 6.08 Å². The van der Waals surface area contributed by atoms with Gasteiger partial charge in [0.05, 0.1) is 16.2 Å². The summed E-state index contributed by atoms with van der Waals surface area (Å²) in [7, 11) is 1.61. The van der Waals surface area contributed by atoms with E-state index >= 15 is 0 Å². The van der Waals surface area contributed by atoms with Crippen LogP contribution in [-0.2, 0) is 11.0 Å². The summed E-state index contributed by atoms with van der Waals surface area (Å²) in [5.41, 5.74) is 0.861. The van der Waals surface area contributed by atoms with Crippen LogP contribution in [0.15, 0.2) is 52.3 Å². The molecule has 1 heterocycles. The Labute approximate surface area is 177 Å². The fraction of sp³-hybridized carbons (Fsp3) is 0.273. The van der Waals surface area contributed by atoms with Crippen molar-refractivity contribution in [1.82, 2.24) is 5.32 Å². The highest BCUT2D eigenvalue weighted by Gasteiger charge is 2.30. The Morgan fingerprint density at radius 3 is 2.50 bits per heavy atom. The molecule has 0 unspecified atom stereocenters. The molecular formula is C22H21F3N2O2S. The highest BCUT2D eigenvalue weighted by molar-refractivity contribution is 8.04. The number of fused-ring (bicyclic) bond motifs is 1. The molecule has 30 heavy (non-hydrogen) atoms. The first-order chi connectivity index (χ1) is 14.2. The summed E-state index contributed by atoms with van der Waals surface area (Å²) in [4.78, 5) is 27.7. The van der Waals surface area contributed by atoms with Crippen LogP contribution in [0, 0.1) is 0 Å². The van der Waals surface area contributed by atoms with E-state index in [9.17, 15) is 22.8 Å². The van der Waals surface area contributed by atoms with Crippen molar-refractivity contribution in [3.8, 4) is 0 Å². The van der Waals surface area contributed by atoms with Crippen molar-refractivity contribution in [3.63, 3.8) is 0 Å². The van der Waals surface area contributed by atoms with E-state index in [0.29, 0.717) is 28.3 Å². The van der Waals surface area contributed by atoms with Gasteiger partial charge in [0.2, 0.25) is 0 Å². The van der Waals surface area contributed by atoms with E-state index in [-0.39, 0.29) is 11.8 Å². The van der Waals surface area contributed by atoms with Crippen molar-refractivity contribution in [3.05, 3.63) is 64.1 Å². The van der Waals surface area contributed by atoms with Gasteiger partial charge in [-0.2, -0.15) is 13.2 Å². The molecule has 2 aromatic rings. The van der Waals surface area contributed by atoms with E-state index in [0.717, 1.165) is 29.9 Å². The summed E-state index contributed by atoms with van der Waals surface area (Å²) in [5.74, 6) is -0.473. The lowest BCUT2D eigenvalue weighted by molar-refractivity contribution is -0.137. The van der Waals surface area contributed by atoms with Gasteiger partial charge < -0.3 is 10.2 Å². The molecule has 158 valence electrons. The first-order valence-electron chi connectivity index (χ1n) is 9.48. The highest BCUT2D eigenvalue weighted by atomic mass is 32.2. The standard InChI is InChI=1S/C22H21F3N2O2S/c1-3-4-11-26-20(28)15-7-10-18-17(13-15)27(2)21(29)19(30-18)12-14-5-8-16(9-6-14)22(23,24)25/h5-10,12-13H,3-4,11H2,1-2H3,(H,26,28)/b19-12-. The molecule has 0 aliphatic carbocycles. The maximum absolute atomic E-state index is 12.8. The van der Waals surface area contributed by atoms with E-state index in [1.54, 1.807) is 31.3 Å². The normalized spacial score (nSPS) is 15.3. The second-order valence-electron chi connectivity index (χ2n) is 6.89. The van der Waals surface area contributed by atoms with Crippen LogP contribution in [0.5, 0.6) is 0 Å². The number of nitrogens with one attached hydrogen (secondary N) is 1. The Kier molecular flexibility index (Phi) is 6.55. The second-order valence-corrected chi connectivity index (χ2v) is 7.97. The van der Waals surface area contributed by atoms with Crippen LogP contribution in [0.4, 0.5) is 18.9 Å². The third-order valence-electron chi connectivity index (χ3n) is 4.67. The predicted octanol–water partition coefficient (Wildman–Crippen LogP) is 5.34. The van der Waals surface area contributed by atoms with Gasteiger partial charge in [0, 0.05) is 24.1 Å². The zero-order chi connectivity index (χ0) is 21.9. The Morgan fingerprint density at radius 1 is 1.17 bits per heavy atom. The molecule has 8 heteroatoms. The summed E-state index contributed by atoms with van der Waals surface area (Å²) in [6, 6.07) is 9.81. The fourth-order valence-electron chi connectivity index (χ4n) is 2.94. The van der Waals surface area contributed by atoms with E-state index < -0.39 is 11.7 Å². The van der Waals surface area contributed by atoms with Crippen molar-refractivity contribution in [2.24, 2.45) is 0 Å². The van der Waals surface area contributed by atoms with Crippen LogP contribution in [-0.4, -0.2) is 25.4 Å². The minimum absolute atomic E-state index is 0.191. The molecule has 1 aliphatic heterocycles. The average molecular weight is 434 g/mol. The number of halogens is 3. The Morgan fingerprint density at radius 2 is 1.87 bits per heavy atom. The van der Waals surface area contributed by atoms with Gasteiger partial charge in [-0.1, -0.05) is 37.2 Å². The Bertz CT molecular complexity index is 985. The van der Waals surface area contributed by atoms with Crippen molar-refractivity contribution in [2.45, 2.75) is 30.8 Å². The molecule has 0 radical (unpaired) electrons. The summed E-state index contributed by atoms with van der Waals surface area (Å²) >= 11 is 1.23. The Hall–Kier alpha value is -2.74. The van der Waals surface area contributed by atoms with Crippen molar-refractivity contribution in [2.75, 3.05) is 18.5 Å². The van der Waals surface area contributed by atoms with Crippen LogP contribution < -0.4 is 10.2 Å². The third kappa shape index (κ3) is 4.87. The number of likely N-dealkylation sites (N-methyl/N-ethyl adjacent to an activating group) is 1. The highest BCUT2D eigenvalue weighted by Crippen LogP contribution is 2.42. The quantitative estimate of drug-likeness (QED) is 0.510. The zero-order valence-corrected chi connectivity index (χ0v) is 17.4. The number of amides is 2. The monoisotopic (exact) mass is 434 g/mol. The molecule has 0 saturated heterocycles. The Balaban J connectivity index is 1.82. The largest absolute Gasteiger partial charge is 0.416 e. The van der Waals surface area contributed by atoms with Crippen LogP contribution in [0.2, 0.25) is 0 Å². The minimum atomic E-state index is -4.40. The lowest BCUT2D eigenvalue weighted by atomic mass is 10.1. The molecule has 4 nitrogen and oxygen atoms in total. The number of carbonyl (C=O) groups is 2. The molecule has 0 saturated carbocycles. The smallest absolute Gasteiger partial charge is 0.352 e. The number of anilines is 1. The van der Waals surface area contributed by atoms with Gasteiger partial charge in [0.1, 0.15) is 0 Å². The molecular weight excluding hydrogens is 413 g/mol. The van der Waals surface area contributed by atoms with Crippen molar-refractivity contribution >= 4 is 35.3 Å². The van der Waals surface area contributed by atoms with E-state index in [4.69, 9.17) is 0 Å². The summed E-state index contributed by atoms with van der Waals surface area (Å²) < 4.78 is 38.2. The second kappa shape index (κ2) is 8.95. The number of unbranched alkanes of at least 4 members (excludes halogenated alkanes) is 1. The lowest BCUT2D eigenvalue weighted by Gasteiger charge is -2.27. The maximum Gasteiger partial charge on any atom is 0.416 e. The zero-order valence-electron chi connectivity index (χ0n) is 16.5. The number of carbonyl (C=O) groups excluding carboxylic acids is 2. The van der Waals surface area contributed by atoms with Gasteiger partial charge in [-0.15, -0.1) is 0 Å². The van der Waals surface area contributed by atoms with Crippen molar-refractivity contribution in [1.29, 1.82) is 0 Å². The van der Waals surface area contributed by atoms with Gasteiger partial charge in [0.25, 0.3) is 11.8 Å². The van der Waals surface area contributed by atoms with Crippen LogP contribution in [0.3, 0.4) is 0 Å². The summed E-state index contributed by atoms with van der Waals surface area (Å²) in [6.45, 7) is 2.63. The number of alkyl halides is 3. The predicted molar refractivity (Wildman–Crippen MR) is 112 cm³/mol. The SMILES string of the molecule is CCCCNC(=O)c1ccc2c(c1)N(C)C(=O)/C(=C/c1ccc(C(F)(F)F)cc1)S2. The topological polar surface area (TPSA) is 49.4 Å². The van der Waals surface area contributed by atoms with E-state index in [1.165, 1.54) is 28.8 Å². The average Bonchev–Trinajstić information content (AvgIpc) is 2.71. The molecule has 1 aliphatic rings. The van der Waals surface area contributed by atoms with Crippen LogP contribution >= 0.6 is 11.8 Å². The summed E-state index contributed by atoms with van der Waals surface area (Å²) in [5, 5.41) is 2.85. The first-order valence-corrected chi connectivity index (χ1v) is 10.3. The molecule has 1 N–H and O–H groups in total. The number of rotatable bonds is 5. The van der Waals surface area contributed by atoms with E-state index in [2.05, 4.69) is 5.32 Å². The number of benzene rings is 2. The van der Waals surface area contributed by atoms with E-state index in [1.807, 2.05) is 6.92 Å². The number of thioether (sulfide) groups is 1. The van der Waals surface area contributed by atoms with Crippen molar-refractivity contribution < 1.29 is 22.8 Å². The molecule has 2 aromatic carbocycles. The summed E-state index contributed by atoms with van der Waals surface area (Å²) in [6.07, 6.45) is -0.964. The molecule has 2 amide bonds. The maximum atomic E-state index is 12.8. The van der Waals surface area contributed by atoms with Gasteiger partial charge in [-0.05, 0) is 48.4 Å². The minimum Gasteiger partial charge on any atom is -0.352 e. The third-order valence-corrected chi connectivity index (χ3v) is 5.75. The molecule has 0 spiro atoms. The first kappa shape index (κ1) is 22.0. The van der Waals surface area contributed by atoms with Gasteiger partial charge in [-0.25, -0.2) is 0 Å². The lowest BCUT2D eigenvalue weighted by Crippen LogP contribution is -2.31. The molecule has 0 bridgehead atoms.